The highest BCUT2D eigenvalue weighted by atomic mass is 16.5. The summed E-state index contributed by atoms with van der Waals surface area (Å²) in [6, 6.07) is 12.0. The summed E-state index contributed by atoms with van der Waals surface area (Å²) >= 11 is 0. The van der Waals surface area contributed by atoms with Gasteiger partial charge in [0.15, 0.2) is 0 Å². The Labute approximate surface area is 188 Å². The van der Waals surface area contributed by atoms with Crippen LogP contribution in [0.4, 0.5) is 0 Å². The Morgan fingerprint density at radius 3 is 0.970 bits per heavy atom. The molecular formula is C24H18N8O. The maximum Gasteiger partial charge on any atom is 0.131 e. The van der Waals surface area contributed by atoms with Crippen LogP contribution >= 0.6 is 0 Å². The zero-order valence-electron chi connectivity index (χ0n) is 17.4. The molecule has 160 valence electrons. The third-order valence-corrected chi connectivity index (χ3v) is 5.20. The minimum Gasteiger partial charge on any atom is -0.457 e. The highest BCUT2D eigenvalue weighted by molar-refractivity contribution is 5.54. The van der Waals surface area contributed by atoms with Gasteiger partial charge in [-0.25, -0.2) is 19.9 Å². The van der Waals surface area contributed by atoms with Crippen molar-refractivity contribution in [1.29, 1.82) is 0 Å². The zero-order valence-corrected chi connectivity index (χ0v) is 17.4. The van der Waals surface area contributed by atoms with Crippen LogP contribution in [0.2, 0.25) is 0 Å². The number of nitrogens with zero attached hydrogens (tertiary/aromatic N) is 8. The fraction of sp³-hybridized carbons (Fsp3) is 0. The van der Waals surface area contributed by atoms with E-state index in [9.17, 15) is 0 Å². The summed E-state index contributed by atoms with van der Waals surface area (Å²) in [5.41, 5.74) is 3.70. The maximum atomic E-state index is 6.40. The van der Waals surface area contributed by atoms with Crippen LogP contribution in [0.25, 0.3) is 22.7 Å². The van der Waals surface area contributed by atoms with Gasteiger partial charge in [-0.05, 0) is 12.1 Å². The topological polar surface area (TPSA) is 80.5 Å². The summed E-state index contributed by atoms with van der Waals surface area (Å²) < 4.78 is 14.1. The molecule has 0 spiro atoms. The van der Waals surface area contributed by atoms with E-state index in [1.807, 2.05) is 67.3 Å². The van der Waals surface area contributed by atoms with Gasteiger partial charge in [-0.3, -0.25) is 0 Å². The van der Waals surface area contributed by atoms with E-state index in [0.717, 1.165) is 22.7 Å². The molecule has 0 saturated carbocycles. The first-order valence-corrected chi connectivity index (χ1v) is 10.2. The van der Waals surface area contributed by atoms with Gasteiger partial charge in [0.05, 0.1) is 48.1 Å². The van der Waals surface area contributed by atoms with Crippen LogP contribution in [0.5, 0.6) is 11.5 Å². The van der Waals surface area contributed by atoms with Gasteiger partial charge in [-0.2, -0.15) is 0 Å². The van der Waals surface area contributed by atoms with E-state index in [4.69, 9.17) is 4.74 Å². The summed E-state index contributed by atoms with van der Waals surface area (Å²) in [5, 5.41) is 0. The van der Waals surface area contributed by atoms with E-state index in [-0.39, 0.29) is 0 Å². The minimum atomic E-state index is 0.685. The predicted molar refractivity (Wildman–Crippen MR) is 121 cm³/mol. The lowest BCUT2D eigenvalue weighted by molar-refractivity contribution is 0.481. The van der Waals surface area contributed by atoms with Crippen molar-refractivity contribution in [2.45, 2.75) is 0 Å². The summed E-state index contributed by atoms with van der Waals surface area (Å²) in [7, 11) is 0. The number of rotatable bonds is 6. The molecule has 2 aromatic carbocycles. The van der Waals surface area contributed by atoms with Gasteiger partial charge in [0.1, 0.15) is 11.5 Å². The second-order valence-electron chi connectivity index (χ2n) is 7.35. The number of aromatic nitrogens is 8. The van der Waals surface area contributed by atoms with Gasteiger partial charge in [0, 0.05) is 73.8 Å². The largest absolute Gasteiger partial charge is 0.457 e. The number of imidazole rings is 4. The Hall–Kier alpha value is -4.92. The van der Waals surface area contributed by atoms with Crippen molar-refractivity contribution in [3.63, 3.8) is 0 Å². The Morgan fingerprint density at radius 1 is 0.424 bits per heavy atom. The molecule has 9 heteroatoms. The van der Waals surface area contributed by atoms with Crippen LogP contribution in [0.15, 0.2) is 111 Å². The molecule has 0 unspecified atom stereocenters. The maximum absolute atomic E-state index is 6.40. The van der Waals surface area contributed by atoms with Crippen molar-refractivity contribution in [2.75, 3.05) is 0 Å². The SMILES string of the molecule is c1cn(-c2cc(Oc3cc(-n4ccnc4)cc(-n4ccnc4)c3)cc(-n3ccnc3)c2)cn1. The van der Waals surface area contributed by atoms with Crippen LogP contribution in [0.1, 0.15) is 0 Å². The molecule has 0 radical (unpaired) electrons. The van der Waals surface area contributed by atoms with Crippen LogP contribution in [-0.4, -0.2) is 38.2 Å². The van der Waals surface area contributed by atoms with Crippen molar-refractivity contribution in [3.8, 4) is 34.2 Å². The Kier molecular flexibility index (Phi) is 4.54. The first-order chi connectivity index (χ1) is 16.3. The van der Waals surface area contributed by atoms with Gasteiger partial charge in [0.2, 0.25) is 0 Å². The van der Waals surface area contributed by atoms with E-state index in [2.05, 4.69) is 32.1 Å². The quantitative estimate of drug-likeness (QED) is 0.392. The first kappa shape index (κ1) is 18.8. The molecule has 0 amide bonds. The summed E-state index contributed by atoms with van der Waals surface area (Å²) in [6.45, 7) is 0. The molecule has 4 heterocycles. The van der Waals surface area contributed by atoms with Crippen molar-refractivity contribution in [2.24, 2.45) is 0 Å². The minimum absolute atomic E-state index is 0.685. The summed E-state index contributed by atoms with van der Waals surface area (Å²) in [4.78, 5) is 16.7. The van der Waals surface area contributed by atoms with Crippen LogP contribution in [-0.2, 0) is 0 Å². The van der Waals surface area contributed by atoms with E-state index >= 15 is 0 Å². The molecule has 33 heavy (non-hydrogen) atoms. The van der Waals surface area contributed by atoms with Crippen molar-refractivity contribution >= 4 is 0 Å². The predicted octanol–water partition coefficient (Wildman–Crippen LogP) is 4.22. The second-order valence-corrected chi connectivity index (χ2v) is 7.35. The number of hydrogen-bond donors (Lipinski definition) is 0. The van der Waals surface area contributed by atoms with E-state index < -0.39 is 0 Å². The lowest BCUT2D eigenvalue weighted by Crippen LogP contribution is -1.99. The first-order valence-electron chi connectivity index (χ1n) is 10.2. The number of ether oxygens (including phenoxy) is 1. The molecule has 6 rings (SSSR count). The van der Waals surface area contributed by atoms with E-state index in [0.29, 0.717) is 11.5 Å². The highest BCUT2D eigenvalue weighted by Crippen LogP contribution is 2.30. The fourth-order valence-electron chi connectivity index (χ4n) is 3.63. The second kappa shape index (κ2) is 7.97. The molecule has 9 nitrogen and oxygen atoms in total. The lowest BCUT2D eigenvalue weighted by Gasteiger charge is -2.14. The van der Waals surface area contributed by atoms with Gasteiger partial charge in [-0.1, -0.05) is 0 Å². The Balaban J connectivity index is 1.45. The van der Waals surface area contributed by atoms with Crippen molar-refractivity contribution in [1.82, 2.24) is 38.2 Å². The van der Waals surface area contributed by atoms with Crippen LogP contribution in [0.3, 0.4) is 0 Å². The van der Waals surface area contributed by atoms with Gasteiger partial charge in [-0.15, -0.1) is 0 Å². The zero-order chi connectivity index (χ0) is 22.0. The molecule has 0 aliphatic carbocycles. The smallest absolute Gasteiger partial charge is 0.131 e. The lowest BCUT2D eigenvalue weighted by atomic mass is 10.2. The Bertz CT molecular complexity index is 1250. The molecular weight excluding hydrogens is 416 g/mol. The molecule has 6 aromatic rings. The van der Waals surface area contributed by atoms with Crippen molar-refractivity contribution in [3.05, 3.63) is 111 Å². The molecule has 0 saturated heterocycles. The molecule has 0 aliphatic heterocycles. The van der Waals surface area contributed by atoms with E-state index in [1.54, 1.807) is 50.1 Å². The highest BCUT2D eigenvalue weighted by Gasteiger charge is 2.10. The number of hydrogen-bond acceptors (Lipinski definition) is 5. The average molecular weight is 434 g/mol. The average Bonchev–Trinajstić information content (AvgIpc) is 3.68. The summed E-state index contributed by atoms with van der Waals surface area (Å²) in [5.74, 6) is 1.37. The molecule has 0 bridgehead atoms. The molecule has 0 aliphatic rings. The number of benzene rings is 2. The van der Waals surface area contributed by atoms with Crippen LogP contribution in [0, 0.1) is 0 Å². The van der Waals surface area contributed by atoms with Crippen LogP contribution < -0.4 is 4.74 Å². The fourth-order valence-corrected chi connectivity index (χ4v) is 3.63. The van der Waals surface area contributed by atoms with Crippen molar-refractivity contribution < 1.29 is 4.74 Å². The summed E-state index contributed by atoms with van der Waals surface area (Å²) in [6.07, 6.45) is 21.6. The molecule has 0 atom stereocenters. The normalized spacial score (nSPS) is 11.0. The standard InChI is InChI=1S/C24H18N8O/c1-5-29(15-25-1)19-9-20(30-6-2-26-16-30)12-23(11-19)33-24-13-21(31-7-3-27-17-31)10-22(14-24)32-8-4-28-18-32/h1-18H. The molecule has 0 N–H and O–H groups in total. The van der Waals surface area contributed by atoms with E-state index in [1.165, 1.54) is 0 Å². The van der Waals surface area contributed by atoms with Gasteiger partial charge >= 0.3 is 0 Å². The van der Waals surface area contributed by atoms with Gasteiger partial charge < -0.3 is 23.0 Å². The Morgan fingerprint density at radius 2 is 0.727 bits per heavy atom. The third kappa shape index (κ3) is 3.79. The third-order valence-electron chi connectivity index (χ3n) is 5.20. The molecule has 4 aromatic heterocycles. The van der Waals surface area contributed by atoms with Gasteiger partial charge in [0.25, 0.3) is 0 Å². The molecule has 0 fully saturated rings. The monoisotopic (exact) mass is 434 g/mol.